The molecule has 27 nitrogen and oxygen atoms in total. The summed E-state index contributed by atoms with van der Waals surface area (Å²) in [5, 5.41) is 0. The van der Waals surface area contributed by atoms with Crippen LogP contribution in [0.4, 0.5) is 28.8 Å². The summed E-state index contributed by atoms with van der Waals surface area (Å²) in [5.74, 6) is 6.95. The molecule has 1 saturated carbocycles. The monoisotopic (exact) mass is 989 g/mol. The lowest BCUT2D eigenvalue weighted by atomic mass is 10.1. The lowest BCUT2D eigenvalue weighted by Gasteiger charge is -2.22. The molecule has 2 aliphatic rings. The largest absolute Gasteiger partial charge is 0.457 e. The van der Waals surface area contributed by atoms with Gasteiger partial charge in [0, 0.05) is 32.5 Å². The van der Waals surface area contributed by atoms with E-state index in [1.165, 1.54) is 9.44 Å². The molecule has 60 heavy (non-hydrogen) atoms. The molecule has 0 aromatic heterocycles. The highest BCUT2D eigenvalue weighted by atomic mass is 32.2. The first kappa shape index (κ1) is 52.5. The Morgan fingerprint density at radius 2 is 0.967 bits per heavy atom. The van der Waals surface area contributed by atoms with Gasteiger partial charge in [0.2, 0.25) is 0 Å². The number of hydrogen-bond acceptors (Lipinski definition) is 20. The van der Waals surface area contributed by atoms with Gasteiger partial charge in [-0.15, -0.1) is 11.8 Å². The minimum Gasteiger partial charge on any atom is -0.457 e. The normalized spacial score (nSPS) is 17.3. The van der Waals surface area contributed by atoms with E-state index in [-0.39, 0.29) is 29.3 Å². The van der Waals surface area contributed by atoms with Crippen molar-refractivity contribution in [3.05, 3.63) is 0 Å². The molecule has 0 saturated heterocycles. The molecule has 0 aliphatic heterocycles. The zero-order chi connectivity index (χ0) is 44.6. The molecule has 34 heteroatoms. The average molecular weight is 990 g/mol. The van der Waals surface area contributed by atoms with Gasteiger partial charge < -0.3 is 33.3 Å². The van der Waals surface area contributed by atoms with Gasteiger partial charge >= 0.3 is 66.4 Å². The standard InChI is InChI=1S/C26H43N9O18P4S3/c36-21(30-58(42,43)28-8-13-51-25(40)56-33-54)48-15-10-35(11-16-49-22(37)31-59(44,45)29-9-14-52-26(41)57-34-55)24(39)50-12-7-27-60(46,47)32-23(38)53-17-20-18-5-3-1-2-4-6-19(18)20/h18-20,27-29H,3-17,54-55H2,(H,30,36)(H,31,37)(H,32,38)/t18-,19+,20?. The van der Waals surface area contributed by atoms with Crippen molar-refractivity contribution in [3.63, 3.8) is 0 Å². The average Bonchev–Trinajstić information content (AvgIpc) is 3.80. The van der Waals surface area contributed by atoms with Crippen LogP contribution in [-0.2, 0) is 59.0 Å². The van der Waals surface area contributed by atoms with Gasteiger partial charge in [0.25, 0.3) is 0 Å². The maximum atomic E-state index is 12.8. The first-order chi connectivity index (χ1) is 28.4. The van der Waals surface area contributed by atoms with Crippen molar-refractivity contribution in [2.24, 2.45) is 26.8 Å². The Kier molecular flexibility index (Phi) is 23.9. The molecule has 5 atom stereocenters. The molecular weight excluding hydrogens is 946 g/mol. The zero-order valence-electron chi connectivity index (χ0n) is 31.3. The van der Waals surface area contributed by atoms with Crippen molar-refractivity contribution in [2.75, 3.05) is 72.4 Å². The molecule has 0 spiro atoms. The zero-order valence-corrected chi connectivity index (χ0v) is 37.9. The minimum atomic E-state index is -4.50. The van der Waals surface area contributed by atoms with Gasteiger partial charge in [-0.05, 0) is 49.4 Å². The molecule has 0 radical (unpaired) electrons. The molecule has 0 heterocycles. The molecule has 2 aliphatic carbocycles. The molecular formula is C26H43N9O18P4S3. The lowest BCUT2D eigenvalue weighted by molar-refractivity contribution is 0.0770. The summed E-state index contributed by atoms with van der Waals surface area (Å²) in [6.07, 6.45) is -2.20. The molecule has 4 amide bonds. The third kappa shape index (κ3) is 23.4. The quantitative estimate of drug-likeness (QED) is 0.0317. The number of amides is 4. The van der Waals surface area contributed by atoms with Crippen LogP contribution in [0.5, 0.6) is 0 Å². The highest BCUT2D eigenvalue weighted by Crippen LogP contribution is 2.52. The van der Waals surface area contributed by atoms with E-state index in [0.717, 1.165) is 30.6 Å². The Morgan fingerprint density at radius 3 is 1.37 bits per heavy atom. The fourth-order valence-electron chi connectivity index (χ4n) is 4.96. The Hall–Kier alpha value is -3.63. The Labute approximate surface area is 353 Å². The number of carbonyl (C=O) groups is 6. The van der Waals surface area contributed by atoms with E-state index < -0.39 is 132 Å². The third-order valence-electron chi connectivity index (χ3n) is 7.48. The summed E-state index contributed by atoms with van der Waals surface area (Å²) in [5.41, 5.74) is -1.52. The summed E-state index contributed by atoms with van der Waals surface area (Å²) < 4.78 is 119. The van der Waals surface area contributed by atoms with Gasteiger partial charge in [-0.3, -0.25) is 0 Å². The van der Waals surface area contributed by atoms with Gasteiger partial charge in [-0.1, -0.05) is 0 Å². The van der Waals surface area contributed by atoms with Crippen LogP contribution < -0.4 is 28.3 Å². The Bertz CT molecular complexity index is 1870. The molecule has 0 bridgehead atoms. The number of nitrogens with zero attached hydrogens (tertiary/aromatic N) is 3. The molecule has 3 unspecified atom stereocenters. The van der Waals surface area contributed by atoms with Gasteiger partial charge in [0.1, 0.15) is 49.8 Å². The number of hydrogen-bond donors (Lipinski definition) is 6. The van der Waals surface area contributed by atoms with Gasteiger partial charge in [0.05, 0.1) is 19.7 Å². The first-order valence-corrected chi connectivity index (χ1v) is 24.3. The van der Waals surface area contributed by atoms with Crippen LogP contribution in [0.25, 0.3) is 0 Å². The van der Waals surface area contributed by atoms with E-state index in [4.69, 9.17) is 18.9 Å². The number of fused-ring (bicyclic) bond motifs is 1. The number of rotatable bonds is 25. The first-order valence-electron chi connectivity index (χ1n) is 17.1. The molecule has 1 fully saturated rings. The van der Waals surface area contributed by atoms with E-state index in [0.29, 0.717) is 11.8 Å². The predicted octanol–water partition coefficient (Wildman–Crippen LogP) is 0.659. The van der Waals surface area contributed by atoms with Crippen molar-refractivity contribution in [1.82, 2.24) is 33.2 Å². The van der Waals surface area contributed by atoms with E-state index in [1.807, 2.05) is 32.9 Å². The van der Waals surface area contributed by atoms with Gasteiger partial charge in [-0.2, -0.15) is 39.4 Å². The van der Waals surface area contributed by atoms with Crippen LogP contribution in [0.1, 0.15) is 25.7 Å². The lowest BCUT2D eigenvalue weighted by Crippen LogP contribution is -2.44. The second-order valence-electron chi connectivity index (χ2n) is 11.6. The summed E-state index contributed by atoms with van der Waals surface area (Å²) in [6.45, 7) is -5.27. The maximum Gasteiger partial charge on any atom is 0.421 e. The van der Waals surface area contributed by atoms with Crippen LogP contribution in [-0.4, -0.2) is 138 Å². The SMILES string of the molecule is O=C(NS(=O)(=O)NCCOC(=O)P=NP)OCCN(CCOC(=O)NS(=O)(=O)NCCOC(=O)P=NP)C(=O)OCCNS(=O)(=O)NC(=O)OCC1[C@H]2CCC#CCC[C@@H]12. The van der Waals surface area contributed by atoms with Crippen LogP contribution in [0.15, 0.2) is 9.03 Å². The Morgan fingerprint density at radius 1 is 0.583 bits per heavy atom. The van der Waals surface area contributed by atoms with Crippen molar-refractivity contribution in [3.8, 4) is 11.8 Å². The second-order valence-corrected chi connectivity index (χ2v) is 19.0. The molecule has 0 aromatic carbocycles. The summed E-state index contributed by atoms with van der Waals surface area (Å²) >= 11 is 0. The van der Waals surface area contributed by atoms with Crippen LogP contribution >= 0.6 is 35.5 Å². The molecule has 6 N–H and O–H groups in total. The van der Waals surface area contributed by atoms with E-state index in [2.05, 4.69) is 30.3 Å². The molecule has 338 valence electrons. The number of nitrogens with one attached hydrogen (secondary N) is 6. The molecule has 2 rings (SSSR count). The fourth-order valence-corrected chi connectivity index (χ4v) is 8.12. The highest BCUT2D eigenvalue weighted by molar-refractivity contribution is 7.88. The predicted molar refractivity (Wildman–Crippen MR) is 215 cm³/mol. The van der Waals surface area contributed by atoms with E-state index in [1.54, 1.807) is 4.72 Å². The van der Waals surface area contributed by atoms with E-state index in [9.17, 15) is 54.0 Å². The fraction of sp³-hybridized carbons (Fsp3) is 0.692. The van der Waals surface area contributed by atoms with Crippen LogP contribution in [0.3, 0.4) is 0 Å². The third-order valence-corrected chi connectivity index (χ3v) is 12.1. The van der Waals surface area contributed by atoms with Crippen molar-refractivity contribution in [1.29, 1.82) is 0 Å². The van der Waals surface area contributed by atoms with Gasteiger partial charge in [-0.25, -0.2) is 52.0 Å². The molecule has 0 aromatic rings. The summed E-state index contributed by atoms with van der Waals surface area (Å²) in [7, 11) is -9.67. The van der Waals surface area contributed by atoms with Crippen LogP contribution in [0.2, 0.25) is 0 Å². The smallest absolute Gasteiger partial charge is 0.421 e. The maximum absolute atomic E-state index is 12.8. The topological polar surface area (TPSA) is 360 Å². The summed E-state index contributed by atoms with van der Waals surface area (Å²) in [6, 6.07) is 0. The number of ether oxygens (including phenoxy) is 6. The Balaban J connectivity index is 1.85. The van der Waals surface area contributed by atoms with Gasteiger partial charge in [0.15, 0.2) is 0 Å². The minimum absolute atomic E-state index is 0.0309. The number of carbonyl (C=O) groups excluding carboxylic acids is 6. The van der Waals surface area contributed by atoms with Crippen LogP contribution in [0, 0.1) is 29.6 Å². The summed E-state index contributed by atoms with van der Waals surface area (Å²) in [4.78, 5) is 72.5. The van der Waals surface area contributed by atoms with E-state index >= 15 is 0 Å². The second kappa shape index (κ2) is 27.3. The van der Waals surface area contributed by atoms with Crippen molar-refractivity contribution < 1.29 is 82.4 Å². The van der Waals surface area contributed by atoms with Crippen molar-refractivity contribution in [2.45, 2.75) is 25.7 Å². The highest BCUT2D eigenvalue weighted by Gasteiger charge is 2.49. The van der Waals surface area contributed by atoms with Crippen molar-refractivity contribution >= 4 is 102 Å².